The lowest BCUT2D eigenvalue weighted by molar-refractivity contribution is 0.248. The molecule has 0 bridgehead atoms. The molecule has 0 aliphatic carbocycles. The Morgan fingerprint density at radius 3 is 1.58 bits per heavy atom. The van der Waals surface area contributed by atoms with Gasteiger partial charge < -0.3 is 4.74 Å². The molecular formula is C25H36O. The first-order valence-electron chi connectivity index (χ1n) is 10.2. The third-order valence-electron chi connectivity index (χ3n) is 5.35. The number of benzene rings is 2. The predicted octanol–water partition coefficient (Wildman–Crippen LogP) is 7.53. The van der Waals surface area contributed by atoms with Crippen molar-refractivity contribution in [1.29, 1.82) is 0 Å². The van der Waals surface area contributed by atoms with E-state index in [1.54, 1.807) is 0 Å². The van der Waals surface area contributed by atoms with Gasteiger partial charge in [-0.15, -0.1) is 0 Å². The first kappa shape index (κ1) is 20.6. The minimum absolute atomic E-state index is 0.567. The molecule has 0 saturated carbocycles. The number of ether oxygens (including phenoxy) is 1. The van der Waals surface area contributed by atoms with Gasteiger partial charge in [0.1, 0.15) is 5.75 Å². The second-order valence-corrected chi connectivity index (χ2v) is 8.44. The van der Waals surface area contributed by atoms with Gasteiger partial charge in [0, 0.05) is 0 Å². The summed E-state index contributed by atoms with van der Waals surface area (Å²) >= 11 is 0. The number of rotatable bonds is 9. The second kappa shape index (κ2) is 9.80. The molecule has 26 heavy (non-hydrogen) atoms. The van der Waals surface area contributed by atoms with E-state index in [1.165, 1.54) is 29.5 Å². The molecule has 2 atom stereocenters. The normalized spacial score (nSPS) is 13.8. The van der Waals surface area contributed by atoms with Crippen molar-refractivity contribution in [3.8, 4) is 5.75 Å². The van der Waals surface area contributed by atoms with Crippen LogP contribution in [0.15, 0.2) is 48.5 Å². The van der Waals surface area contributed by atoms with Crippen molar-refractivity contribution in [2.24, 2.45) is 5.92 Å². The largest absolute Gasteiger partial charge is 0.493 e. The van der Waals surface area contributed by atoms with Crippen LogP contribution in [0.3, 0.4) is 0 Å². The lowest BCUT2D eigenvalue weighted by atomic mass is 9.91. The average molecular weight is 353 g/mol. The quantitative estimate of drug-likeness (QED) is 0.453. The molecular weight excluding hydrogens is 316 g/mol. The Bertz CT molecular complexity index is 637. The topological polar surface area (TPSA) is 9.23 Å². The zero-order valence-corrected chi connectivity index (χ0v) is 17.5. The van der Waals surface area contributed by atoms with Gasteiger partial charge in [0.05, 0.1) is 6.61 Å². The molecule has 2 aromatic carbocycles. The highest BCUT2D eigenvalue weighted by molar-refractivity contribution is 5.29. The van der Waals surface area contributed by atoms with Gasteiger partial charge in [-0.25, -0.2) is 0 Å². The van der Waals surface area contributed by atoms with E-state index in [1.807, 2.05) is 0 Å². The van der Waals surface area contributed by atoms with Crippen LogP contribution in [-0.2, 0) is 0 Å². The van der Waals surface area contributed by atoms with E-state index < -0.39 is 0 Å². The van der Waals surface area contributed by atoms with Crippen molar-refractivity contribution in [3.05, 3.63) is 65.2 Å². The summed E-state index contributed by atoms with van der Waals surface area (Å²) in [6, 6.07) is 17.7. The highest BCUT2D eigenvalue weighted by atomic mass is 16.5. The zero-order valence-electron chi connectivity index (χ0n) is 17.5. The molecule has 2 aromatic rings. The third kappa shape index (κ3) is 6.20. The molecule has 2 unspecified atom stereocenters. The van der Waals surface area contributed by atoms with Gasteiger partial charge in [0.15, 0.2) is 0 Å². The van der Waals surface area contributed by atoms with E-state index in [9.17, 15) is 0 Å². The van der Waals surface area contributed by atoms with Crippen molar-refractivity contribution >= 4 is 0 Å². The maximum absolute atomic E-state index is 5.98. The fraction of sp³-hybridized carbons (Fsp3) is 0.520. The molecule has 0 amide bonds. The van der Waals surface area contributed by atoms with Crippen LogP contribution in [0.25, 0.3) is 0 Å². The van der Waals surface area contributed by atoms with Crippen molar-refractivity contribution in [2.45, 2.75) is 72.1 Å². The van der Waals surface area contributed by atoms with Gasteiger partial charge in [-0.1, -0.05) is 77.9 Å². The smallest absolute Gasteiger partial charge is 0.119 e. The molecule has 0 N–H and O–H groups in total. The van der Waals surface area contributed by atoms with E-state index in [-0.39, 0.29) is 0 Å². The molecule has 0 aliphatic heterocycles. The van der Waals surface area contributed by atoms with E-state index >= 15 is 0 Å². The summed E-state index contributed by atoms with van der Waals surface area (Å²) in [5.41, 5.74) is 4.24. The minimum Gasteiger partial charge on any atom is -0.493 e. The van der Waals surface area contributed by atoms with Crippen LogP contribution in [-0.4, -0.2) is 6.61 Å². The van der Waals surface area contributed by atoms with Gasteiger partial charge in [-0.3, -0.25) is 0 Å². The Balaban J connectivity index is 1.76. The fourth-order valence-electron chi connectivity index (χ4n) is 3.18. The van der Waals surface area contributed by atoms with E-state index in [4.69, 9.17) is 4.74 Å². The van der Waals surface area contributed by atoms with Crippen LogP contribution >= 0.6 is 0 Å². The highest BCUT2D eigenvalue weighted by Crippen LogP contribution is 2.25. The van der Waals surface area contributed by atoms with Crippen LogP contribution in [0.2, 0.25) is 0 Å². The Kier molecular flexibility index (Phi) is 7.75. The van der Waals surface area contributed by atoms with Crippen LogP contribution < -0.4 is 4.74 Å². The van der Waals surface area contributed by atoms with Crippen LogP contribution in [0.4, 0.5) is 0 Å². The Hall–Kier alpha value is -1.76. The summed E-state index contributed by atoms with van der Waals surface area (Å²) in [6.07, 6.45) is 2.40. The monoisotopic (exact) mass is 352 g/mol. The first-order valence-corrected chi connectivity index (χ1v) is 10.2. The molecule has 0 spiro atoms. The Morgan fingerprint density at radius 1 is 0.615 bits per heavy atom. The minimum atomic E-state index is 0.567. The third-order valence-corrected chi connectivity index (χ3v) is 5.35. The summed E-state index contributed by atoms with van der Waals surface area (Å²) < 4.78 is 5.98. The molecule has 0 fully saturated rings. The van der Waals surface area contributed by atoms with E-state index in [2.05, 4.69) is 90.1 Å². The van der Waals surface area contributed by atoms with Gasteiger partial charge in [0.25, 0.3) is 0 Å². The van der Waals surface area contributed by atoms with Crippen molar-refractivity contribution in [3.63, 3.8) is 0 Å². The molecule has 142 valence electrons. The Morgan fingerprint density at radius 2 is 1.08 bits per heavy atom. The summed E-state index contributed by atoms with van der Waals surface area (Å²) in [5, 5.41) is 0. The average Bonchev–Trinajstić information content (AvgIpc) is 2.64. The van der Waals surface area contributed by atoms with Gasteiger partial charge in [0.2, 0.25) is 0 Å². The van der Waals surface area contributed by atoms with Crippen LogP contribution in [0.5, 0.6) is 5.75 Å². The van der Waals surface area contributed by atoms with Gasteiger partial charge >= 0.3 is 0 Å². The molecule has 0 heterocycles. The maximum Gasteiger partial charge on any atom is 0.119 e. The number of hydrogen-bond acceptors (Lipinski definition) is 1. The maximum atomic E-state index is 5.98. The summed E-state index contributed by atoms with van der Waals surface area (Å²) in [7, 11) is 0. The van der Waals surface area contributed by atoms with E-state index in [0.717, 1.165) is 12.4 Å². The van der Waals surface area contributed by atoms with Crippen molar-refractivity contribution in [2.75, 3.05) is 6.61 Å². The summed E-state index contributed by atoms with van der Waals surface area (Å²) in [4.78, 5) is 0. The molecule has 2 rings (SSSR count). The highest BCUT2D eigenvalue weighted by Gasteiger charge is 2.10. The summed E-state index contributed by atoms with van der Waals surface area (Å²) in [5.74, 6) is 3.32. The number of hydrogen-bond donors (Lipinski definition) is 0. The fourth-order valence-corrected chi connectivity index (χ4v) is 3.18. The Labute approximate surface area is 160 Å². The second-order valence-electron chi connectivity index (χ2n) is 8.44. The van der Waals surface area contributed by atoms with Crippen LogP contribution in [0, 0.1) is 5.92 Å². The molecule has 0 aliphatic rings. The van der Waals surface area contributed by atoms with Crippen molar-refractivity contribution in [1.82, 2.24) is 0 Å². The molecule has 1 nitrogen and oxygen atoms in total. The van der Waals surface area contributed by atoms with Gasteiger partial charge in [-0.2, -0.15) is 0 Å². The predicted molar refractivity (Wildman–Crippen MR) is 113 cm³/mol. The lowest BCUT2D eigenvalue weighted by Crippen LogP contribution is -2.10. The molecule has 1 heteroatoms. The molecule has 0 aromatic heterocycles. The zero-order chi connectivity index (χ0) is 19.1. The molecule has 0 radical (unpaired) electrons. The van der Waals surface area contributed by atoms with Gasteiger partial charge in [-0.05, 0) is 65.3 Å². The van der Waals surface area contributed by atoms with Crippen LogP contribution in [0.1, 0.15) is 88.8 Å². The van der Waals surface area contributed by atoms with Crippen molar-refractivity contribution < 1.29 is 4.74 Å². The van der Waals surface area contributed by atoms with E-state index in [0.29, 0.717) is 23.7 Å². The SMILES string of the molecule is CC(CCC(C)c1ccc(C(C)C)cc1)COc1ccc(C(C)C)cc1. The lowest BCUT2D eigenvalue weighted by Gasteiger charge is -2.17. The first-order chi connectivity index (χ1) is 12.4. The standard InChI is InChI=1S/C25H36O/c1-18(2)22-9-11-24(12-10-22)21(6)8-7-20(5)17-26-25-15-13-23(14-16-25)19(3)4/h9-16,18-21H,7-8,17H2,1-6H3. The molecule has 0 saturated heterocycles. The summed E-state index contributed by atoms with van der Waals surface area (Å²) in [6.45, 7) is 14.3.